The first-order valence-electron chi connectivity index (χ1n) is 9.20. The van der Waals surface area contributed by atoms with Crippen molar-refractivity contribution < 1.29 is 0 Å². The van der Waals surface area contributed by atoms with Crippen LogP contribution in [0.5, 0.6) is 0 Å². The number of fused-ring (bicyclic) bond motifs is 4. The van der Waals surface area contributed by atoms with E-state index in [9.17, 15) is 0 Å². The first-order chi connectivity index (χ1) is 12.7. The minimum Gasteiger partial charge on any atom is -0.233 e. The third kappa shape index (κ3) is 2.46. The second kappa shape index (κ2) is 6.03. The van der Waals surface area contributed by atoms with Crippen LogP contribution >= 0.6 is 11.3 Å². The van der Waals surface area contributed by atoms with Crippen molar-refractivity contribution in [2.75, 3.05) is 0 Å². The van der Waals surface area contributed by atoms with E-state index in [-0.39, 0.29) is 0 Å². The maximum atomic E-state index is 4.95. The predicted molar refractivity (Wildman–Crippen MR) is 112 cm³/mol. The van der Waals surface area contributed by atoms with Crippen LogP contribution in [-0.2, 0) is 6.42 Å². The lowest BCUT2D eigenvalue weighted by Crippen LogP contribution is -2.00. The number of hydrogen-bond donors (Lipinski definition) is 0. The third-order valence-electron chi connectivity index (χ3n) is 5.04. The third-order valence-corrected chi connectivity index (χ3v) is 6.28. The van der Waals surface area contributed by atoms with E-state index in [0.717, 1.165) is 35.3 Å². The summed E-state index contributed by atoms with van der Waals surface area (Å²) in [4.78, 5) is 11.2. The average molecular weight is 356 g/mol. The molecule has 0 saturated carbocycles. The highest BCUT2D eigenvalue weighted by Crippen LogP contribution is 2.38. The average Bonchev–Trinajstić information content (AvgIpc) is 3.05. The summed E-state index contributed by atoms with van der Waals surface area (Å²) in [5, 5.41) is 2.48. The highest BCUT2D eigenvalue weighted by molar-refractivity contribution is 7.19. The molecule has 0 amide bonds. The van der Waals surface area contributed by atoms with Crippen LogP contribution in [-0.4, -0.2) is 9.97 Å². The van der Waals surface area contributed by atoms with E-state index >= 15 is 0 Å². The molecule has 128 valence electrons. The Morgan fingerprint density at radius 2 is 1.88 bits per heavy atom. The lowest BCUT2D eigenvalue weighted by molar-refractivity contribution is 0.784. The molecule has 0 aliphatic heterocycles. The van der Waals surface area contributed by atoms with Gasteiger partial charge in [0.25, 0.3) is 0 Å². The van der Waals surface area contributed by atoms with Crippen LogP contribution in [0, 0.1) is 0 Å². The number of benzene rings is 2. The van der Waals surface area contributed by atoms with Crippen LogP contribution in [0.4, 0.5) is 0 Å². The normalized spacial score (nSPS) is 13.7. The lowest BCUT2D eigenvalue weighted by atomic mass is 9.99. The van der Waals surface area contributed by atoms with Gasteiger partial charge in [0.2, 0.25) is 0 Å². The molecule has 26 heavy (non-hydrogen) atoms. The first-order valence-corrected chi connectivity index (χ1v) is 10.0. The zero-order valence-corrected chi connectivity index (χ0v) is 15.8. The lowest BCUT2D eigenvalue weighted by Gasteiger charge is -2.11. The number of para-hydroxylation sites is 1. The van der Waals surface area contributed by atoms with Crippen molar-refractivity contribution in [1.82, 2.24) is 9.97 Å². The van der Waals surface area contributed by atoms with Gasteiger partial charge in [-0.2, -0.15) is 0 Å². The van der Waals surface area contributed by atoms with Gasteiger partial charge in [-0.3, -0.25) is 0 Å². The van der Waals surface area contributed by atoms with Crippen molar-refractivity contribution in [3.8, 4) is 11.3 Å². The zero-order valence-electron chi connectivity index (χ0n) is 15.0. The maximum absolute atomic E-state index is 4.95. The van der Waals surface area contributed by atoms with Crippen LogP contribution in [0.25, 0.3) is 38.3 Å². The van der Waals surface area contributed by atoms with E-state index in [4.69, 9.17) is 9.97 Å². The Balaban J connectivity index is 1.78. The first kappa shape index (κ1) is 15.7. The quantitative estimate of drug-likeness (QED) is 0.404. The monoisotopic (exact) mass is 356 g/mol. The van der Waals surface area contributed by atoms with Crippen molar-refractivity contribution in [3.05, 3.63) is 64.8 Å². The molecule has 1 aliphatic rings. The summed E-state index contributed by atoms with van der Waals surface area (Å²) in [7, 11) is 0. The molecule has 0 radical (unpaired) electrons. The molecule has 0 spiro atoms. The molecule has 0 atom stereocenters. The molecular formula is C23H20N2S. The molecule has 0 fully saturated rings. The number of hydrogen-bond acceptors (Lipinski definition) is 3. The summed E-state index contributed by atoms with van der Waals surface area (Å²) in [5.41, 5.74) is 4.65. The summed E-state index contributed by atoms with van der Waals surface area (Å²) in [6.07, 6.45) is 6.90. The van der Waals surface area contributed by atoms with Crippen molar-refractivity contribution >= 4 is 38.4 Å². The summed E-state index contributed by atoms with van der Waals surface area (Å²) < 4.78 is 1.37. The van der Waals surface area contributed by atoms with Gasteiger partial charge in [-0.1, -0.05) is 50.3 Å². The predicted octanol–water partition coefficient (Wildman–Crippen LogP) is 6.59. The van der Waals surface area contributed by atoms with E-state index in [1.165, 1.54) is 26.1 Å². The Bertz CT molecular complexity index is 1170. The second-order valence-corrected chi connectivity index (χ2v) is 8.33. The highest BCUT2D eigenvalue weighted by Gasteiger charge is 2.16. The Morgan fingerprint density at radius 1 is 1.00 bits per heavy atom. The zero-order chi connectivity index (χ0) is 17.7. The summed E-state index contributed by atoms with van der Waals surface area (Å²) in [6.45, 7) is 4.30. The number of thiophene rings is 1. The van der Waals surface area contributed by atoms with Crippen molar-refractivity contribution in [2.45, 2.75) is 32.6 Å². The Labute approximate surface area is 157 Å². The van der Waals surface area contributed by atoms with E-state index in [1.54, 1.807) is 0 Å². The molecule has 2 aromatic carbocycles. The molecule has 0 unspecified atom stereocenters. The fourth-order valence-corrected chi connectivity index (χ4v) is 4.86. The van der Waals surface area contributed by atoms with Gasteiger partial charge in [-0.25, -0.2) is 9.97 Å². The van der Waals surface area contributed by atoms with Crippen molar-refractivity contribution in [2.24, 2.45) is 0 Å². The van der Waals surface area contributed by atoms with Gasteiger partial charge in [0.05, 0.1) is 11.2 Å². The number of aromatic nitrogens is 2. The van der Waals surface area contributed by atoms with Gasteiger partial charge in [0, 0.05) is 31.8 Å². The van der Waals surface area contributed by atoms with Crippen molar-refractivity contribution in [1.29, 1.82) is 0 Å². The number of rotatable bonds is 2. The number of nitrogens with zero attached hydrogens (tertiary/aromatic N) is 2. The smallest absolute Gasteiger partial charge is 0.132 e. The minimum atomic E-state index is 0.305. The van der Waals surface area contributed by atoms with Crippen LogP contribution in [0.3, 0.4) is 0 Å². The van der Waals surface area contributed by atoms with Crippen molar-refractivity contribution in [3.63, 3.8) is 0 Å². The maximum Gasteiger partial charge on any atom is 0.132 e. The minimum absolute atomic E-state index is 0.305. The molecule has 0 N–H and O–H groups in total. The molecule has 4 aromatic rings. The van der Waals surface area contributed by atoms with E-state index in [0.29, 0.717) is 5.92 Å². The van der Waals surface area contributed by atoms with E-state index in [2.05, 4.69) is 62.4 Å². The Kier molecular flexibility index (Phi) is 3.64. The van der Waals surface area contributed by atoms with Gasteiger partial charge in [-0.15, -0.1) is 11.3 Å². The standard InChI is InChI=1S/C23H20N2S/c1-14(2)23-24-19-9-5-3-8-17(19)22(25-23)15-11-12-21-18(13-15)16-7-4-6-10-20(16)26-21/h3-5,7-9,11-14H,6,10H2,1-2H3. The van der Waals surface area contributed by atoms with Crippen LogP contribution in [0.1, 0.15) is 42.5 Å². The molecule has 3 heteroatoms. The number of aryl methyl sites for hydroxylation is 1. The molecule has 1 aliphatic carbocycles. The topological polar surface area (TPSA) is 25.8 Å². The molecule has 2 heterocycles. The Hall–Kier alpha value is -2.52. The summed E-state index contributed by atoms with van der Waals surface area (Å²) in [5.74, 6) is 1.21. The SMILES string of the molecule is CC(C)c1nc(-c2ccc3sc4c(c3c2)C=CCC4)c2ccccc2n1. The molecular weight excluding hydrogens is 336 g/mol. The van der Waals surface area contributed by atoms with Crippen LogP contribution in [0.2, 0.25) is 0 Å². The second-order valence-electron chi connectivity index (χ2n) is 7.19. The van der Waals surface area contributed by atoms with Crippen LogP contribution in [0.15, 0.2) is 48.5 Å². The largest absolute Gasteiger partial charge is 0.233 e. The summed E-state index contributed by atoms with van der Waals surface area (Å²) >= 11 is 1.93. The highest BCUT2D eigenvalue weighted by atomic mass is 32.1. The fraction of sp³-hybridized carbons (Fsp3) is 0.217. The molecule has 2 aromatic heterocycles. The van der Waals surface area contributed by atoms with Gasteiger partial charge in [0.1, 0.15) is 5.82 Å². The van der Waals surface area contributed by atoms with E-state index in [1.807, 2.05) is 17.4 Å². The molecule has 0 saturated heterocycles. The fourth-order valence-electron chi connectivity index (χ4n) is 3.67. The van der Waals surface area contributed by atoms with Gasteiger partial charge in [-0.05, 0) is 36.6 Å². The van der Waals surface area contributed by atoms with E-state index < -0.39 is 0 Å². The van der Waals surface area contributed by atoms with Gasteiger partial charge < -0.3 is 0 Å². The van der Waals surface area contributed by atoms with Crippen LogP contribution < -0.4 is 0 Å². The summed E-state index contributed by atoms with van der Waals surface area (Å²) in [6, 6.07) is 15.1. The molecule has 2 nitrogen and oxygen atoms in total. The number of allylic oxidation sites excluding steroid dienone is 1. The Morgan fingerprint density at radius 3 is 2.77 bits per heavy atom. The van der Waals surface area contributed by atoms with Gasteiger partial charge >= 0.3 is 0 Å². The molecule has 5 rings (SSSR count). The molecule has 0 bridgehead atoms. The van der Waals surface area contributed by atoms with Gasteiger partial charge in [0.15, 0.2) is 0 Å².